The summed E-state index contributed by atoms with van der Waals surface area (Å²) >= 11 is 7.92. The lowest BCUT2D eigenvalue weighted by molar-refractivity contribution is -0.140. The number of rotatable bonds is 0. The van der Waals surface area contributed by atoms with Crippen LogP contribution in [-0.2, 0) is 6.18 Å². The second kappa shape index (κ2) is 3.46. The first-order chi connectivity index (χ1) is 5.82. The van der Waals surface area contributed by atoms with Crippen molar-refractivity contribution in [1.29, 1.82) is 0 Å². The molecule has 0 aromatic heterocycles. The number of alkyl halides is 3. The lowest BCUT2D eigenvalue weighted by atomic mass is 10.2. The van der Waals surface area contributed by atoms with Crippen LogP contribution in [0.3, 0.4) is 0 Å². The van der Waals surface area contributed by atoms with Gasteiger partial charge in [0.2, 0.25) is 0 Å². The standard InChI is InChI=1S/C7H2BrClF4/c8-4-1-3(9)2-5(10)6(4)7(11,12)13/h1-2H. The maximum atomic E-state index is 12.8. The summed E-state index contributed by atoms with van der Waals surface area (Å²) in [6, 6.07) is 1.61. The van der Waals surface area contributed by atoms with E-state index < -0.39 is 22.0 Å². The van der Waals surface area contributed by atoms with Crippen molar-refractivity contribution >= 4 is 27.5 Å². The van der Waals surface area contributed by atoms with Crippen LogP contribution in [0.5, 0.6) is 0 Å². The Kier molecular flexibility index (Phi) is 2.87. The fourth-order valence-corrected chi connectivity index (χ4v) is 1.81. The Morgan fingerprint density at radius 3 is 2.15 bits per heavy atom. The summed E-state index contributed by atoms with van der Waals surface area (Å²) in [7, 11) is 0. The third-order valence-corrected chi connectivity index (χ3v) is 2.13. The normalized spacial score (nSPS) is 11.8. The molecular formula is C7H2BrClF4. The van der Waals surface area contributed by atoms with Gasteiger partial charge in [0.05, 0.1) is 0 Å². The number of halogens is 6. The van der Waals surface area contributed by atoms with Crippen LogP contribution in [0, 0.1) is 5.82 Å². The maximum absolute atomic E-state index is 12.8. The van der Waals surface area contributed by atoms with Crippen LogP contribution < -0.4 is 0 Å². The highest BCUT2D eigenvalue weighted by Gasteiger charge is 2.36. The Balaban J connectivity index is 3.38. The van der Waals surface area contributed by atoms with E-state index in [0.717, 1.165) is 6.07 Å². The first kappa shape index (κ1) is 10.8. The molecule has 0 bridgehead atoms. The first-order valence-corrected chi connectivity index (χ1v) is 4.21. The largest absolute Gasteiger partial charge is 0.420 e. The molecule has 0 spiro atoms. The van der Waals surface area contributed by atoms with E-state index in [0.29, 0.717) is 6.07 Å². The van der Waals surface area contributed by atoms with Crippen LogP contribution in [-0.4, -0.2) is 0 Å². The molecule has 6 heteroatoms. The van der Waals surface area contributed by atoms with Gasteiger partial charge < -0.3 is 0 Å². The lowest BCUT2D eigenvalue weighted by Crippen LogP contribution is -2.09. The van der Waals surface area contributed by atoms with Gasteiger partial charge in [-0.25, -0.2) is 4.39 Å². The average molecular weight is 277 g/mol. The molecule has 0 radical (unpaired) electrons. The van der Waals surface area contributed by atoms with Crippen LogP contribution >= 0.6 is 27.5 Å². The van der Waals surface area contributed by atoms with Crippen molar-refractivity contribution in [3.8, 4) is 0 Å². The van der Waals surface area contributed by atoms with Crippen molar-refractivity contribution in [3.05, 3.63) is 33.0 Å². The number of benzene rings is 1. The van der Waals surface area contributed by atoms with Crippen LogP contribution in [0.25, 0.3) is 0 Å². The molecule has 0 N–H and O–H groups in total. The minimum atomic E-state index is -4.71. The zero-order valence-corrected chi connectivity index (χ0v) is 8.26. The van der Waals surface area contributed by atoms with Crippen molar-refractivity contribution in [3.63, 3.8) is 0 Å². The average Bonchev–Trinajstić information content (AvgIpc) is 1.78. The molecule has 1 rings (SSSR count). The predicted molar refractivity (Wildman–Crippen MR) is 44.1 cm³/mol. The summed E-state index contributed by atoms with van der Waals surface area (Å²) in [5.41, 5.74) is -1.34. The maximum Gasteiger partial charge on any atom is 0.420 e. The summed E-state index contributed by atoms with van der Waals surface area (Å²) < 4.78 is 48.8. The van der Waals surface area contributed by atoms with Crippen LogP contribution in [0.2, 0.25) is 5.02 Å². The van der Waals surface area contributed by atoms with Crippen LogP contribution in [0.4, 0.5) is 17.6 Å². The molecule has 0 unspecified atom stereocenters. The molecule has 1 aromatic carbocycles. The van der Waals surface area contributed by atoms with E-state index in [-0.39, 0.29) is 5.02 Å². The van der Waals surface area contributed by atoms with Gasteiger partial charge in [0.15, 0.2) is 0 Å². The fourth-order valence-electron chi connectivity index (χ4n) is 0.813. The molecule has 1 aromatic rings. The SMILES string of the molecule is Fc1cc(Cl)cc(Br)c1C(F)(F)F. The Morgan fingerprint density at radius 2 is 1.77 bits per heavy atom. The summed E-state index contributed by atoms with van der Waals surface area (Å²) in [5, 5.41) is -0.0858. The monoisotopic (exact) mass is 276 g/mol. The molecule has 13 heavy (non-hydrogen) atoms. The van der Waals surface area contributed by atoms with Gasteiger partial charge in [-0.2, -0.15) is 13.2 Å². The van der Waals surface area contributed by atoms with Gasteiger partial charge in [-0.05, 0) is 12.1 Å². The van der Waals surface area contributed by atoms with E-state index in [2.05, 4.69) is 15.9 Å². The van der Waals surface area contributed by atoms with Gasteiger partial charge in [0.25, 0.3) is 0 Å². The summed E-state index contributed by atoms with van der Waals surface area (Å²) in [4.78, 5) is 0. The highest BCUT2D eigenvalue weighted by molar-refractivity contribution is 9.10. The highest BCUT2D eigenvalue weighted by atomic mass is 79.9. The molecule has 0 heterocycles. The molecule has 0 aliphatic rings. The van der Waals surface area contributed by atoms with E-state index in [1.54, 1.807) is 0 Å². The number of hydrogen-bond donors (Lipinski definition) is 0. The van der Waals surface area contributed by atoms with Gasteiger partial charge in [0, 0.05) is 9.50 Å². The second-order valence-corrected chi connectivity index (χ2v) is 3.53. The molecule has 0 aliphatic heterocycles. The molecular weight excluding hydrogens is 275 g/mol. The molecule has 0 aliphatic carbocycles. The zero-order chi connectivity index (χ0) is 10.2. The predicted octanol–water partition coefficient (Wildman–Crippen LogP) is 4.26. The molecule has 0 fully saturated rings. The number of hydrogen-bond acceptors (Lipinski definition) is 0. The van der Waals surface area contributed by atoms with E-state index in [9.17, 15) is 17.6 Å². The third-order valence-electron chi connectivity index (χ3n) is 1.29. The zero-order valence-electron chi connectivity index (χ0n) is 5.92. The van der Waals surface area contributed by atoms with E-state index in [1.807, 2.05) is 0 Å². The van der Waals surface area contributed by atoms with Crippen LogP contribution in [0.1, 0.15) is 5.56 Å². The first-order valence-electron chi connectivity index (χ1n) is 3.04. The molecule has 0 saturated heterocycles. The van der Waals surface area contributed by atoms with Crippen molar-refractivity contribution in [2.75, 3.05) is 0 Å². The smallest absolute Gasteiger partial charge is 0.206 e. The molecule has 0 saturated carbocycles. The van der Waals surface area contributed by atoms with Crippen molar-refractivity contribution in [1.82, 2.24) is 0 Å². The fraction of sp³-hybridized carbons (Fsp3) is 0.143. The van der Waals surface area contributed by atoms with Gasteiger partial charge >= 0.3 is 6.18 Å². The summed E-state index contributed by atoms with van der Waals surface area (Å²) in [6.07, 6.45) is -4.71. The Bertz CT molecular complexity index is 311. The minimum Gasteiger partial charge on any atom is -0.206 e. The van der Waals surface area contributed by atoms with Gasteiger partial charge in [-0.15, -0.1) is 0 Å². The topological polar surface area (TPSA) is 0 Å². The minimum absolute atomic E-state index is 0.0858. The Labute approximate surface area is 84.6 Å². The van der Waals surface area contributed by atoms with E-state index in [1.165, 1.54) is 0 Å². The summed E-state index contributed by atoms with van der Waals surface area (Å²) in [6.45, 7) is 0. The second-order valence-electron chi connectivity index (χ2n) is 2.24. The molecule has 72 valence electrons. The van der Waals surface area contributed by atoms with Crippen LogP contribution in [0.15, 0.2) is 16.6 Å². The van der Waals surface area contributed by atoms with Crippen molar-refractivity contribution < 1.29 is 17.6 Å². The highest BCUT2D eigenvalue weighted by Crippen LogP contribution is 2.37. The van der Waals surface area contributed by atoms with Crippen molar-refractivity contribution in [2.24, 2.45) is 0 Å². The van der Waals surface area contributed by atoms with Gasteiger partial charge in [0.1, 0.15) is 11.4 Å². The summed E-state index contributed by atoms with van der Waals surface area (Å²) in [5.74, 6) is -1.38. The van der Waals surface area contributed by atoms with Gasteiger partial charge in [-0.1, -0.05) is 27.5 Å². The third kappa shape index (κ3) is 2.34. The lowest BCUT2D eigenvalue weighted by Gasteiger charge is -2.09. The molecule has 0 amide bonds. The molecule has 0 atom stereocenters. The van der Waals surface area contributed by atoms with E-state index in [4.69, 9.17) is 11.6 Å². The Hall–Kier alpha value is -0.290. The van der Waals surface area contributed by atoms with Gasteiger partial charge in [-0.3, -0.25) is 0 Å². The van der Waals surface area contributed by atoms with E-state index >= 15 is 0 Å². The van der Waals surface area contributed by atoms with Crippen molar-refractivity contribution in [2.45, 2.75) is 6.18 Å². The molecule has 0 nitrogen and oxygen atoms in total. The Morgan fingerprint density at radius 1 is 1.23 bits per heavy atom. The quantitative estimate of drug-likeness (QED) is 0.622.